The van der Waals surface area contributed by atoms with Crippen LogP contribution < -0.4 is 10.2 Å². The number of benzene rings is 2. The Kier molecular flexibility index (Phi) is 6.29. The first-order valence-corrected chi connectivity index (χ1v) is 11.8. The normalized spacial score (nSPS) is 14.5. The summed E-state index contributed by atoms with van der Waals surface area (Å²) in [6.07, 6.45) is 1.81. The predicted octanol–water partition coefficient (Wildman–Crippen LogP) is 3.49. The van der Waals surface area contributed by atoms with E-state index in [-0.39, 0.29) is 5.91 Å². The summed E-state index contributed by atoms with van der Waals surface area (Å²) in [4.78, 5) is 15.0. The Bertz CT molecular complexity index is 985. The Balaban J connectivity index is 1.77. The number of rotatable bonds is 6. The predicted molar refractivity (Wildman–Crippen MR) is 118 cm³/mol. The van der Waals surface area contributed by atoms with Crippen LogP contribution in [0.1, 0.15) is 42.3 Å². The molecule has 0 radical (unpaired) electrons. The van der Waals surface area contributed by atoms with Crippen LogP contribution in [0.5, 0.6) is 0 Å². The fraction of sp³-hybridized carbons (Fsp3) is 0.409. The second-order valence-corrected chi connectivity index (χ2v) is 9.65. The number of hydrogen-bond donors (Lipinski definition) is 1. The zero-order chi connectivity index (χ0) is 21.2. The first-order valence-electron chi connectivity index (χ1n) is 9.94. The van der Waals surface area contributed by atoms with Crippen molar-refractivity contribution in [2.75, 3.05) is 29.6 Å². The highest BCUT2D eigenvalue weighted by molar-refractivity contribution is 7.88. The van der Waals surface area contributed by atoms with Gasteiger partial charge in [-0.2, -0.15) is 4.31 Å². The Hall–Kier alpha value is -2.38. The van der Waals surface area contributed by atoms with Crippen LogP contribution in [0.15, 0.2) is 42.5 Å². The number of nitrogens with zero attached hydrogens (tertiary/aromatic N) is 2. The van der Waals surface area contributed by atoms with Gasteiger partial charge in [0.15, 0.2) is 0 Å². The average Bonchev–Trinajstić information content (AvgIpc) is 2.68. The van der Waals surface area contributed by atoms with Crippen LogP contribution in [0.25, 0.3) is 0 Å². The van der Waals surface area contributed by atoms with Gasteiger partial charge in [0.05, 0.1) is 6.26 Å². The summed E-state index contributed by atoms with van der Waals surface area (Å²) in [5.74, 6) is -0.164. The van der Waals surface area contributed by atoms with Crippen LogP contribution in [-0.4, -0.2) is 44.0 Å². The van der Waals surface area contributed by atoms with E-state index in [9.17, 15) is 13.2 Å². The molecule has 0 spiro atoms. The highest BCUT2D eigenvalue weighted by Crippen LogP contribution is 2.28. The van der Waals surface area contributed by atoms with Crippen molar-refractivity contribution < 1.29 is 13.2 Å². The Morgan fingerprint density at radius 2 is 1.86 bits per heavy atom. The summed E-state index contributed by atoms with van der Waals surface area (Å²) in [6, 6.07) is 13.7. The van der Waals surface area contributed by atoms with Gasteiger partial charge in [-0.15, -0.1) is 0 Å². The van der Waals surface area contributed by atoms with E-state index < -0.39 is 10.0 Å². The van der Waals surface area contributed by atoms with Crippen LogP contribution in [0.2, 0.25) is 0 Å². The molecule has 29 heavy (non-hydrogen) atoms. The molecule has 0 aliphatic carbocycles. The molecule has 0 unspecified atom stereocenters. The van der Waals surface area contributed by atoms with E-state index in [1.165, 1.54) is 10.6 Å². The van der Waals surface area contributed by atoms with Gasteiger partial charge in [-0.3, -0.25) is 4.79 Å². The fourth-order valence-electron chi connectivity index (χ4n) is 3.83. The van der Waals surface area contributed by atoms with E-state index in [1.807, 2.05) is 42.5 Å². The van der Waals surface area contributed by atoms with E-state index in [4.69, 9.17) is 0 Å². The molecular weight excluding hydrogens is 386 g/mol. The Labute approximate surface area is 173 Å². The fourth-order valence-corrected chi connectivity index (χ4v) is 4.62. The smallest absolute Gasteiger partial charge is 0.255 e. The molecule has 0 aromatic heterocycles. The van der Waals surface area contributed by atoms with Crippen molar-refractivity contribution in [2.45, 2.75) is 39.8 Å². The minimum absolute atomic E-state index is 0.164. The van der Waals surface area contributed by atoms with Gasteiger partial charge in [-0.05, 0) is 68.7 Å². The molecule has 1 N–H and O–H groups in total. The molecule has 2 aromatic rings. The number of carbonyl (C=O) groups excluding carboxylic acids is 1. The van der Waals surface area contributed by atoms with E-state index in [0.717, 1.165) is 29.0 Å². The molecule has 2 aromatic carbocycles. The van der Waals surface area contributed by atoms with Gasteiger partial charge in [-0.1, -0.05) is 12.1 Å². The maximum Gasteiger partial charge on any atom is 0.255 e. The standard InChI is InChI=1S/C22H29N3O3S/c1-5-25(16(2)3)19-11-9-17(10-12-19)22(26)23-21-8-6-7-18-15-24(29(4,27)28)14-13-20(18)21/h6-12,16H,5,13-15H2,1-4H3,(H,23,26). The van der Waals surface area contributed by atoms with Gasteiger partial charge < -0.3 is 10.2 Å². The van der Waals surface area contributed by atoms with Gasteiger partial charge >= 0.3 is 0 Å². The third-order valence-corrected chi connectivity index (χ3v) is 6.62. The summed E-state index contributed by atoms with van der Waals surface area (Å²) < 4.78 is 25.1. The molecule has 1 amide bonds. The molecule has 1 heterocycles. The second kappa shape index (κ2) is 8.55. The van der Waals surface area contributed by atoms with E-state index in [1.54, 1.807) is 0 Å². The van der Waals surface area contributed by atoms with Crippen molar-refractivity contribution >= 4 is 27.3 Å². The van der Waals surface area contributed by atoms with Crippen molar-refractivity contribution in [1.29, 1.82) is 0 Å². The quantitative estimate of drug-likeness (QED) is 0.784. The van der Waals surface area contributed by atoms with Gasteiger partial charge in [0, 0.05) is 42.6 Å². The van der Waals surface area contributed by atoms with E-state index in [2.05, 4.69) is 31.0 Å². The number of hydrogen-bond acceptors (Lipinski definition) is 4. The first-order chi connectivity index (χ1) is 13.7. The van der Waals surface area contributed by atoms with Gasteiger partial charge in [0.1, 0.15) is 0 Å². The molecule has 0 bridgehead atoms. The molecular formula is C22H29N3O3S. The summed E-state index contributed by atoms with van der Waals surface area (Å²) in [6.45, 7) is 8.08. The SMILES string of the molecule is CCN(c1ccc(C(=O)Nc2cccc3c2CCN(S(C)(=O)=O)C3)cc1)C(C)C. The van der Waals surface area contributed by atoms with Crippen LogP contribution in [0.3, 0.4) is 0 Å². The van der Waals surface area contributed by atoms with E-state index in [0.29, 0.717) is 31.1 Å². The minimum atomic E-state index is -3.23. The Morgan fingerprint density at radius 1 is 1.17 bits per heavy atom. The minimum Gasteiger partial charge on any atom is -0.369 e. The lowest BCUT2D eigenvalue weighted by Gasteiger charge is -2.28. The lowest BCUT2D eigenvalue weighted by atomic mass is 9.99. The van der Waals surface area contributed by atoms with Crippen LogP contribution in [0.4, 0.5) is 11.4 Å². The molecule has 156 valence electrons. The molecule has 1 aliphatic heterocycles. The molecule has 0 saturated carbocycles. The van der Waals surface area contributed by atoms with Crippen molar-refractivity contribution in [3.05, 3.63) is 59.2 Å². The van der Waals surface area contributed by atoms with Crippen molar-refractivity contribution in [2.24, 2.45) is 0 Å². The molecule has 0 fully saturated rings. The molecule has 3 rings (SSSR count). The maximum atomic E-state index is 12.8. The molecule has 0 saturated heterocycles. The van der Waals surface area contributed by atoms with Gasteiger partial charge in [0.25, 0.3) is 5.91 Å². The largest absolute Gasteiger partial charge is 0.369 e. The summed E-state index contributed by atoms with van der Waals surface area (Å²) >= 11 is 0. The lowest BCUT2D eigenvalue weighted by molar-refractivity contribution is 0.102. The molecule has 7 heteroatoms. The molecule has 1 aliphatic rings. The topological polar surface area (TPSA) is 69.7 Å². The third kappa shape index (κ3) is 4.79. The molecule has 6 nitrogen and oxygen atoms in total. The summed E-state index contributed by atoms with van der Waals surface area (Å²) in [5, 5.41) is 3.00. The number of fused-ring (bicyclic) bond motifs is 1. The van der Waals surface area contributed by atoms with Crippen molar-refractivity contribution in [3.63, 3.8) is 0 Å². The number of amides is 1. The summed E-state index contributed by atoms with van der Waals surface area (Å²) in [5.41, 5.74) is 4.39. The van der Waals surface area contributed by atoms with Crippen LogP contribution in [-0.2, 0) is 23.0 Å². The van der Waals surface area contributed by atoms with Gasteiger partial charge in [-0.25, -0.2) is 8.42 Å². The second-order valence-electron chi connectivity index (χ2n) is 7.67. The highest BCUT2D eigenvalue weighted by Gasteiger charge is 2.25. The highest BCUT2D eigenvalue weighted by atomic mass is 32.2. The van der Waals surface area contributed by atoms with Crippen molar-refractivity contribution in [3.8, 4) is 0 Å². The van der Waals surface area contributed by atoms with Gasteiger partial charge in [0.2, 0.25) is 10.0 Å². The van der Waals surface area contributed by atoms with Crippen molar-refractivity contribution in [1.82, 2.24) is 4.31 Å². The summed E-state index contributed by atoms with van der Waals surface area (Å²) in [7, 11) is -3.23. The number of nitrogens with one attached hydrogen (secondary N) is 1. The number of anilines is 2. The van der Waals surface area contributed by atoms with Crippen LogP contribution in [0, 0.1) is 0 Å². The van der Waals surface area contributed by atoms with Crippen LogP contribution >= 0.6 is 0 Å². The van der Waals surface area contributed by atoms with E-state index >= 15 is 0 Å². The monoisotopic (exact) mass is 415 g/mol. The number of carbonyl (C=O) groups is 1. The molecule has 0 atom stereocenters. The zero-order valence-electron chi connectivity index (χ0n) is 17.5. The first kappa shape index (κ1) is 21.3. The lowest BCUT2D eigenvalue weighted by Crippen LogP contribution is -2.35. The number of sulfonamides is 1. The third-order valence-electron chi connectivity index (χ3n) is 5.37. The maximum absolute atomic E-state index is 12.8. The zero-order valence-corrected chi connectivity index (χ0v) is 18.3. The average molecular weight is 416 g/mol. The Morgan fingerprint density at radius 3 is 2.45 bits per heavy atom.